The number of phenolic OH excluding ortho intramolecular Hbond substituents is 1. The van der Waals surface area contributed by atoms with E-state index >= 15 is 0 Å². The highest BCUT2D eigenvalue weighted by molar-refractivity contribution is 7.76. The Labute approximate surface area is 180 Å². The summed E-state index contributed by atoms with van der Waals surface area (Å²) in [6.45, 7) is 0.318. The lowest BCUT2D eigenvalue weighted by atomic mass is 9.90. The molecule has 0 aromatic heterocycles. The average molecular weight is 456 g/mol. The van der Waals surface area contributed by atoms with E-state index in [1.54, 1.807) is 0 Å². The molecular weight excluding hydrogens is 435 g/mol. The third-order valence-electron chi connectivity index (χ3n) is 5.15. The predicted octanol–water partition coefficient (Wildman–Crippen LogP) is 2.83. The molecule has 0 aliphatic carbocycles. The van der Waals surface area contributed by atoms with Crippen molar-refractivity contribution in [3.05, 3.63) is 52.3 Å². The van der Waals surface area contributed by atoms with Crippen molar-refractivity contribution in [1.82, 2.24) is 4.31 Å². The summed E-state index contributed by atoms with van der Waals surface area (Å²) in [6, 6.07) is 5.99. The minimum Gasteiger partial charge on any atom is -0.760 e. The van der Waals surface area contributed by atoms with Crippen LogP contribution in [0.2, 0.25) is 5.02 Å². The first-order valence-corrected chi connectivity index (χ1v) is 10.6. The molecule has 1 heterocycles. The summed E-state index contributed by atoms with van der Waals surface area (Å²) in [6.07, 6.45) is 1.18. The minimum atomic E-state index is -2.40. The van der Waals surface area contributed by atoms with Crippen molar-refractivity contribution in [2.75, 3.05) is 18.0 Å². The maximum atomic E-state index is 14.2. The molecule has 0 radical (unpaired) electrons. The standard InChI is InChI=1S/C19H22ClFN4O4S/c20-13-6-7-16(18(26)17(13)11-3-2-8-24(10-11)30(28)29)25(19(23)27)15-5-1-4-14(21)12(15)9-22/h1,4-7,11,26H,2-3,8-10,22H2,(H2,23,27)(H,28,29)/p-1/t11-/m1/s1. The number of benzene rings is 2. The first kappa shape index (κ1) is 22.4. The summed E-state index contributed by atoms with van der Waals surface area (Å²) in [5, 5.41) is 11.3. The van der Waals surface area contributed by atoms with Crippen molar-refractivity contribution in [1.29, 1.82) is 0 Å². The highest BCUT2D eigenvalue weighted by atomic mass is 35.5. The SMILES string of the molecule is NCc1c(F)cccc1N(C(N)=O)c1ccc(Cl)c([C@@H]2CCCN(S(=O)[O-])C2)c1O. The van der Waals surface area contributed by atoms with Crippen LogP contribution in [-0.2, 0) is 17.8 Å². The molecule has 162 valence electrons. The van der Waals surface area contributed by atoms with Crippen molar-refractivity contribution in [3.63, 3.8) is 0 Å². The number of nitrogens with two attached hydrogens (primary N) is 2. The van der Waals surface area contributed by atoms with Gasteiger partial charge in [-0.1, -0.05) is 17.7 Å². The number of carbonyl (C=O) groups excluding carboxylic acids is 1. The van der Waals surface area contributed by atoms with Crippen LogP contribution < -0.4 is 16.4 Å². The first-order chi connectivity index (χ1) is 14.3. The largest absolute Gasteiger partial charge is 0.760 e. The smallest absolute Gasteiger partial charge is 0.324 e. The Hall–Kier alpha value is -2.24. The summed E-state index contributed by atoms with van der Waals surface area (Å²) in [5.74, 6) is -1.33. The summed E-state index contributed by atoms with van der Waals surface area (Å²) in [4.78, 5) is 13.3. The summed E-state index contributed by atoms with van der Waals surface area (Å²) in [7, 11) is 0. The van der Waals surface area contributed by atoms with E-state index in [1.165, 1.54) is 34.6 Å². The lowest BCUT2D eigenvalue weighted by molar-refractivity contribution is 0.255. The van der Waals surface area contributed by atoms with E-state index in [0.717, 1.165) is 4.90 Å². The number of aromatic hydroxyl groups is 1. The summed E-state index contributed by atoms with van der Waals surface area (Å²) >= 11 is 3.93. The topological polar surface area (TPSA) is 136 Å². The predicted molar refractivity (Wildman–Crippen MR) is 112 cm³/mol. The monoisotopic (exact) mass is 455 g/mol. The van der Waals surface area contributed by atoms with Gasteiger partial charge in [0.05, 0.1) is 11.4 Å². The van der Waals surface area contributed by atoms with Gasteiger partial charge in [-0.2, -0.15) is 0 Å². The Morgan fingerprint density at radius 1 is 1.37 bits per heavy atom. The minimum absolute atomic E-state index is 0.00238. The van der Waals surface area contributed by atoms with Crippen molar-refractivity contribution in [3.8, 4) is 5.75 Å². The van der Waals surface area contributed by atoms with Gasteiger partial charge in [0.15, 0.2) is 0 Å². The number of primary amides is 1. The Bertz CT molecular complexity index is 993. The number of rotatable bonds is 5. The molecule has 30 heavy (non-hydrogen) atoms. The number of carbonyl (C=O) groups is 1. The van der Waals surface area contributed by atoms with Gasteiger partial charge in [-0.3, -0.25) is 9.11 Å². The summed E-state index contributed by atoms with van der Waals surface area (Å²) < 4.78 is 38.2. The molecule has 2 aromatic carbocycles. The molecule has 3 rings (SSSR count). The highest BCUT2D eigenvalue weighted by Gasteiger charge is 2.30. The van der Waals surface area contributed by atoms with Crippen LogP contribution in [0, 0.1) is 5.82 Å². The van der Waals surface area contributed by atoms with Gasteiger partial charge >= 0.3 is 6.03 Å². The van der Waals surface area contributed by atoms with E-state index in [4.69, 9.17) is 23.1 Å². The number of halogens is 2. The van der Waals surface area contributed by atoms with Gasteiger partial charge in [-0.05, 0) is 37.1 Å². The Morgan fingerprint density at radius 3 is 2.73 bits per heavy atom. The molecule has 0 saturated carbocycles. The number of urea groups is 1. The molecule has 0 bridgehead atoms. The molecule has 2 amide bonds. The normalized spacial score (nSPS) is 18.2. The molecule has 11 heteroatoms. The Kier molecular flexibility index (Phi) is 6.94. The zero-order valence-electron chi connectivity index (χ0n) is 15.9. The zero-order valence-corrected chi connectivity index (χ0v) is 17.5. The molecule has 1 fully saturated rings. The number of hydrogen-bond donors (Lipinski definition) is 3. The number of amides is 2. The van der Waals surface area contributed by atoms with Gasteiger partial charge in [-0.15, -0.1) is 0 Å². The highest BCUT2D eigenvalue weighted by Crippen LogP contribution is 2.45. The molecule has 1 saturated heterocycles. The second kappa shape index (κ2) is 9.27. The lowest BCUT2D eigenvalue weighted by Crippen LogP contribution is -2.36. The molecule has 1 aliphatic rings. The van der Waals surface area contributed by atoms with Crippen molar-refractivity contribution in [2.24, 2.45) is 11.5 Å². The summed E-state index contributed by atoms with van der Waals surface area (Å²) in [5.41, 5.74) is 11.7. The van der Waals surface area contributed by atoms with E-state index in [2.05, 4.69) is 0 Å². The maximum Gasteiger partial charge on any atom is 0.324 e. The van der Waals surface area contributed by atoms with E-state index in [0.29, 0.717) is 24.9 Å². The second-order valence-electron chi connectivity index (χ2n) is 6.89. The van der Waals surface area contributed by atoms with Gasteiger partial charge in [0.1, 0.15) is 11.6 Å². The van der Waals surface area contributed by atoms with Crippen LogP contribution in [0.3, 0.4) is 0 Å². The molecule has 2 aromatic rings. The van der Waals surface area contributed by atoms with E-state index in [1.807, 2.05) is 0 Å². The number of nitrogens with zero attached hydrogens (tertiary/aromatic N) is 2. The maximum absolute atomic E-state index is 14.2. The van der Waals surface area contributed by atoms with E-state index in [9.17, 15) is 23.1 Å². The second-order valence-corrected chi connectivity index (χ2v) is 8.25. The molecular formula is C19H21ClFN4O4S-. The van der Waals surface area contributed by atoms with Gasteiger partial charge in [0.2, 0.25) is 0 Å². The fourth-order valence-corrected chi connectivity index (χ4v) is 4.67. The van der Waals surface area contributed by atoms with Gasteiger partial charge < -0.3 is 21.1 Å². The van der Waals surface area contributed by atoms with Crippen LogP contribution in [0.15, 0.2) is 30.3 Å². The Balaban J connectivity index is 2.12. The van der Waals surface area contributed by atoms with E-state index in [-0.39, 0.29) is 46.7 Å². The average Bonchev–Trinajstić information content (AvgIpc) is 2.70. The van der Waals surface area contributed by atoms with Crippen molar-refractivity contribution < 1.29 is 23.1 Å². The van der Waals surface area contributed by atoms with Crippen LogP contribution in [0.5, 0.6) is 5.75 Å². The van der Waals surface area contributed by atoms with Crippen LogP contribution >= 0.6 is 11.6 Å². The van der Waals surface area contributed by atoms with Crippen LogP contribution in [0.1, 0.15) is 29.9 Å². The molecule has 1 aliphatic heterocycles. The first-order valence-electron chi connectivity index (χ1n) is 9.19. The fraction of sp³-hybridized carbons (Fsp3) is 0.316. The Morgan fingerprint density at radius 2 is 2.10 bits per heavy atom. The fourth-order valence-electron chi connectivity index (χ4n) is 3.78. The zero-order chi connectivity index (χ0) is 22.0. The van der Waals surface area contributed by atoms with Crippen molar-refractivity contribution >= 4 is 40.3 Å². The lowest BCUT2D eigenvalue weighted by Gasteiger charge is -2.35. The molecule has 1 unspecified atom stereocenters. The third-order valence-corrected chi connectivity index (χ3v) is 6.23. The van der Waals surface area contributed by atoms with Gasteiger partial charge in [0.25, 0.3) is 0 Å². The van der Waals surface area contributed by atoms with Gasteiger partial charge in [-0.25, -0.2) is 13.5 Å². The number of anilines is 2. The van der Waals surface area contributed by atoms with Crippen LogP contribution in [0.25, 0.3) is 0 Å². The number of phenols is 1. The quantitative estimate of drug-likeness (QED) is 0.595. The molecule has 0 spiro atoms. The number of piperidine rings is 1. The molecule has 5 N–H and O–H groups in total. The van der Waals surface area contributed by atoms with Crippen LogP contribution in [-0.4, -0.2) is 37.3 Å². The molecule has 8 nitrogen and oxygen atoms in total. The third kappa shape index (κ3) is 4.28. The number of hydrogen-bond acceptors (Lipinski definition) is 5. The van der Waals surface area contributed by atoms with Crippen molar-refractivity contribution in [2.45, 2.75) is 25.3 Å². The van der Waals surface area contributed by atoms with Crippen LogP contribution in [0.4, 0.5) is 20.6 Å². The van der Waals surface area contributed by atoms with E-state index < -0.39 is 23.1 Å². The molecule has 2 atom stereocenters. The van der Waals surface area contributed by atoms with Gasteiger partial charge in [0, 0.05) is 53.0 Å².